The lowest BCUT2D eigenvalue weighted by molar-refractivity contribution is -0.0757. The number of carbonyl (C=O) groups excluding carboxylic acids is 3. The Morgan fingerprint density at radius 3 is 1.20 bits per heavy atom. The first-order chi connectivity index (χ1) is 44.9. The first kappa shape index (κ1) is 73.3. The minimum atomic E-state index is -1.11. The second-order valence-corrected chi connectivity index (χ2v) is 21.1. The van der Waals surface area contributed by atoms with Crippen LogP contribution in [0, 0.1) is 0 Å². The number of para-hydroxylation sites is 3. The molecule has 0 aliphatic heterocycles. The summed E-state index contributed by atoms with van der Waals surface area (Å²) >= 11 is 34.4. The van der Waals surface area contributed by atoms with Crippen LogP contribution in [0.1, 0.15) is 54.8 Å². The molecule has 0 aliphatic carbocycles. The van der Waals surface area contributed by atoms with Gasteiger partial charge in [0.2, 0.25) is 0 Å². The van der Waals surface area contributed by atoms with Crippen LogP contribution in [0.15, 0.2) is 122 Å². The Bertz CT molecular complexity index is 4290. The molecule has 492 valence electrons. The van der Waals surface area contributed by atoms with Gasteiger partial charge in [0.1, 0.15) is 37.7 Å². The average Bonchev–Trinajstić information content (AvgIpc) is 1.23. The second-order valence-electron chi connectivity index (χ2n) is 18.7. The van der Waals surface area contributed by atoms with Gasteiger partial charge >= 0.3 is 5.97 Å². The molecule has 0 bridgehead atoms. The topological polar surface area (TPSA) is 335 Å². The largest absolute Gasteiger partial charge is 0.494 e. The van der Waals surface area contributed by atoms with Crippen LogP contribution < -0.4 is 30.6 Å². The number of hydrogen-bond donors (Lipinski definition) is 4. The number of Topliss-reactive ketones (excluding diaryl/α,β-unsaturated/α-hetero) is 1. The maximum absolute atomic E-state index is 12.6. The number of nitrogens with zero attached hydrogens (tertiary/aromatic N) is 15. The van der Waals surface area contributed by atoms with Gasteiger partial charge < -0.3 is 35.7 Å². The number of anilines is 5. The van der Waals surface area contributed by atoms with Gasteiger partial charge in [-0.1, -0.05) is 94.7 Å². The van der Waals surface area contributed by atoms with Crippen LogP contribution in [0.25, 0.3) is 33.8 Å². The van der Waals surface area contributed by atoms with Crippen LogP contribution in [0.3, 0.4) is 0 Å². The lowest BCUT2D eigenvalue weighted by Crippen LogP contribution is -2.26. The van der Waals surface area contributed by atoms with Crippen molar-refractivity contribution in [3.8, 4) is 51.0 Å². The van der Waals surface area contributed by atoms with E-state index < -0.39 is 5.97 Å². The molecule has 0 spiro atoms. The monoisotopic (exact) mass is 1400 g/mol. The molecule has 0 aliphatic rings. The zero-order chi connectivity index (χ0) is 68.9. The zero-order valence-corrected chi connectivity index (χ0v) is 56.5. The van der Waals surface area contributed by atoms with Crippen LogP contribution in [0.5, 0.6) is 17.2 Å². The number of aromatic nitrogens is 13. The molecule has 7 heterocycles. The molecule has 0 fully saturated rings. The number of nitrogen functional groups attached to an aromatic ring is 1. The summed E-state index contributed by atoms with van der Waals surface area (Å²) in [6, 6.07) is 22.6. The molecule has 0 radical (unpaired) electrons. The minimum Gasteiger partial charge on any atom is -0.494 e. The van der Waals surface area contributed by atoms with E-state index in [0.717, 1.165) is 38.7 Å². The van der Waals surface area contributed by atoms with Gasteiger partial charge in [0.15, 0.2) is 23.0 Å². The number of benzene rings is 3. The van der Waals surface area contributed by atoms with E-state index in [1.165, 1.54) is 73.4 Å². The third-order valence-electron chi connectivity index (χ3n) is 12.7. The number of nitrogens with two attached hydrogens (primary N) is 1. The van der Waals surface area contributed by atoms with Crippen LogP contribution in [0.2, 0.25) is 30.7 Å². The molecule has 0 atom stereocenters. The molecular formula is C60H60Cl6N18O10. The molecule has 34 heteroatoms. The molecular weight excluding hydrogens is 1350 g/mol. The number of methoxy groups -OCH3 is 3. The van der Waals surface area contributed by atoms with E-state index >= 15 is 0 Å². The number of halogens is 6. The van der Waals surface area contributed by atoms with Gasteiger partial charge in [0.25, 0.3) is 11.8 Å². The van der Waals surface area contributed by atoms with Crippen molar-refractivity contribution in [1.82, 2.24) is 75.0 Å². The number of hydroxylamine groups is 4. The smallest absolute Gasteiger partial charge is 0.338 e. The van der Waals surface area contributed by atoms with E-state index in [1.807, 2.05) is 48.5 Å². The van der Waals surface area contributed by atoms with E-state index in [2.05, 4.69) is 61.2 Å². The number of rotatable bonds is 17. The molecule has 2 amide bonds. The molecule has 10 rings (SSSR count). The highest BCUT2D eigenvalue weighted by Gasteiger charge is 2.22. The predicted octanol–water partition coefficient (Wildman–Crippen LogP) is 12.0. The Labute approximate surface area is 568 Å². The number of carboxylic acid groups (broad SMARTS) is 1. The molecule has 28 nitrogen and oxygen atoms in total. The fourth-order valence-electron chi connectivity index (χ4n) is 8.08. The molecule has 3 aromatic carbocycles. The number of nitrogens with one attached hydrogen (secondary N) is 2. The van der Waals surface area contributed by atoms with E-state index in [1.54, 1.807) is 86.2 Å². The molecule has 7 aromatic heterocycles. The SMILES string of the molecule is CCC(=O)c1cnc(Cl)cc1Nc1cccc(-c2cnn(C)n2)c1OC.CON(C)C(=O)c1cnc(Cl)cc1Cl.COc1c(N)cccc1-c1cnn(C)n1.COc1c(Nc2cc(Cl)ncc2C(=O)N(C)OC)cccc1-c1cnn(C)n1.O=C(O)c1cnc(Cl)cc1Cl. The van der Waals surface area contributed by atoms with Crippen molar-refractivity contribution in [2.24, 2.45) is 21.1 Å². The number of pyridine rings is 4. The number of aryl methyl sites for hydroxylation is 3. The Kier molecular flexibility index (Phi) is 27.1. The number of carbonyl (C=O) groups is 4. The van der Waals surface area contributed by atoms with E-state index in [-0.39, 0.29) is 54.2 Å². The first-order valence-corrected chi connectivity index (χ1v) is 29.4. The minimum absolute atomic E-state index is 0.0271. The summed E-state index contributed by atoms with van der Waals surface area (Å²) in [5.74, 6) is -0.108. The van der Waals surface area contributed by atoms with Crippen molar-refractivity contribution in [2.75, 3.05) is 66.0 Å². The van der Waals surface area contributed by atoms with Gasteiger partial charge in [0.05, 0.1) is 115 Å². The van der Waals surface area contributed by atoms with Crippen molar-refractivity contribution in [3.05, 3.63) is 175 Å². The lowest BCUT2D eigenvalue weighted by atomic mass is 10.1. The number of ketones is 1. The van der Waals surface area contributed by atoms with Gasteiger partial charge in [-0.3, -0.25) is 24.1 Å². The fraction of sp³-hybridized carbons (Fsp3) is 0.200. The van der Waals surface area contributed by atoms with E-state index in [0.29, 0.717) is 79.8 Å². The van der Waals surface area contributed by atoms with Crippen LogP contribution in [0.4, 0.5) is 28.4 Å². The Morgan fingerprint density at radius 2 is 0.840 bits per heavy atom. The summed E-state index contributed by atoms with van der Waals surface area (Å²) in [5, 5.41) is 43.4. The second kappa shape index (κ2) is 34.8. The van der Waals surface area contributed by atoms with E-state index in [9.17, 15) is 19.2 Å². The lowest BCUT2D eigenvalue weighted by Gasteiger charge is -2.18. The van der Waals surface area contributed by atoms with Crippen molar-refractivity contribution >= 4 is 122 Å². The summed E-state index contributed by atoms with van der Waals surface area (Å²) in [4.78, 5) is 76.2. The quantitative estimate of drug-likeness (QED) is 0.0285. The third kappa shape index (κ3) is 19.4. The summed E-state index contributed by atoms with van der Waals surface area (Å²) in [7, 11) is 15.8. The van der Waals surface area contributed by atoms with Crippen LogP contribution >= 0.6 is 69.6 Å². The molecule has 0 unspecified atom stereocenters. The van der Waals surface area contributed by atoms with Crippen molar-refractivity contribution in [2.45, 2.75) is 13.3 Å². The normalized spacial score (nSPS) is 10.4. The number of carboxylic acids is 1. The standard InChI is InChI=1S/C18H19ClN6O3.C18H18ClN5O2.C10H12N4O.C8H8Cl2N2O2.C6H3Cl2NO2/c1-24(28-4)18(26)12-9-20-16(19)8-14(12)22-13-7-5-6-11(17(13)27-3)15-10-21-25(2)23-15;1-4-16(25)12-9-20-17(19)8-14(12)22-13-7-5-6-11(18(13)26-3)15-10-21-24(2)23-15;1-14-12-6-9(13-14)7-4-3-5-8(11)10(7)15-2;1-12(14-2)8(13)5-4-11-7(10)3-6(5)9;7-4-1-5(8)9-2-3(4)6(10)11/h5-10H,1-4H3,(H,20,22);5-10H,4H2,1-3H3,(H,20,22);3-6H,11H2,1-2H3;3-4H,1-2H3;1-2H,(H,10,11). The number of hydrogen-bond acceptors (Lipinski definition) is 22. The molecule has 0 saturated carbocycles. The maximum Gasteiger partial charge on any atom is 0.338 e. The first-order valence-electron chi connectivity index (χ1n) is 27.1. The zero-order valence-electron chi connectivity index (χ0n) is 51.9. The van der Waals surface area contributed by atoms with Gasteiger partial charge in [-0.15, -0.1) is 0 Å². The molecule has 0 saturated heterocycles. The van der Waals surface area contributed by atoms with Crippen molar-refractivity contribution < 1.29 is 48.2 Å². The van der Waals surface area contributed by atoms with Crippen LogP contribution in [-0.4, -0.2) is 153 Å². The summed E-state index contributed by atoms with van der Waals surface area (Å²) < 4.78 is 16.4. The molecule has 5 N–H and O–H groups in total. The number of ether oxygens (including phenoxy) is 3. The summed E-state index contributed by atoms with van der Waals surface area (Å²) in [6.07, 6.45) is 10.7. The van der Waals surface area contributed by atoms with Gasteiger partial charge in [0, 0.05) is 83.1 Å². The Balaban J connectivity index is 0.000000195. The maximum atomic E-state index is 12.6. The van der Waals surface area contributed by atoms with Crippen molar-refractivity contribution in [1.29, 1.82) is 0 Å². The summed E-state index contributed by atoms with van der Waals surface area (Å²) in [5.41, 5.74) is 14.2. The average molecular weight is 1410 g/mol. The highest BCUT2D eigenvalue weighted by molar-refractivity contribution is 6.36. The van der Waals surface area contributed by atoms with Crippen molar-refractivity contribution in [3.63, 3.8) is 0 Å². The van der Waals surface area contributed by atoms with E-state index in [4.69, 9.17) is 104 Å². The molecule has 10 aromatic rings. The summed E-state index contributed by atoms with van der Waals surface area (Å²) in [6.45, 7) is 1.80. The van der Waals surface area contributed by atoms with Gasteiger partial charge in [-0.05, 0) is 60.7 Å². The fourth-order valence-corrected chi connectivity index (χ4v) is 9.29. The Hall–Kier alpha value is -9.78. The predicted molar refractivity (Wildman–Crippen MR) is 357 cm³/mol. The third-order valence-corrected chi connectivity index (χ3v) is 14.1. The van der Waals surface area contributed by atoms with Gasteiger partial charge in [-0.2, -0.15) is 45.0 Å². The van der Waals surface area contributed by atoms with Gasteiger partial charge in [-0.25, -0.2) is 34.9 Å². The number of amides is 2. The highest BCUT2D eigenvalue weighted by atomic mass is 35.5. The highest BCUT2D eigenvalue weighted by Crippen LogP contribution is 2.40. The van der Waals surface area contributed by atoms with Crippen LogP contribution in [-0.2, 0) is 30.8 Å². The number of aromatic carboxylic acids is 1. The Morgan fingerprint density at radius 1 is 0.489 bits per heavy atom. The molecule has 94 heavy (non-hydrogen) atoms.